The van der Waals surface area contributed by atoms with Crippen molar-refractivity contribution in [1.29, 1.82) is 0 Å². The van der Waals surface area contributed by atoms with Crippen molar-refractivity contribution in [2.45, 2.75) is 39.0 Å². The summed E-state index contributed by atoms with van der Waals surface area (Å²) >= 11 is 5.45. The first-order valence-electron chi connectivity index (χ1n) is 8.81. The van der Waals surface area contributed by atoms with Crippen LogP contribution in [-0.4, -0.2) is 25.7 Å². The SMILES string of the molecule is Cc1ccc(-c2nc(=S)n(CN(Cc3ccc(F)cc3)C3CC3)[nH]2)cc1. The maximum absolute atomic E-state index is 13.1. The second-order valence-electron chi connectivity index (χ2n) is 6.89. The average Bonchev–Trinajstić information content (AvgIpc) is 3.41. The fourth-order valence-electron chi connectivity index (χ4n) is 3.03. The maximum Gasteiger partial charge on any atom is 0.217 e. The van der Waals surface area contributed by atoms with Crippen molar-refractivity contribution >= 4 is 12.2 Å². The Bertz CT molecular complexity index is 939. The molecule has 0 amide bonds. The second kappa shape index (κ2) is 7.13. The van der Waals surface area contributed by atoms with Crippen LogP contribution in [0.25, 0.3) is 11.4 Å². The van der Waals surface area contributed by atoms with Crippen LogP contribution in [0.2, 0.25) is 0 Å². The highest BCUT2D eigenvalue weighted by molar-refractivity contribution is 7.71. The molecule has 134 valence electrons. The third-order valence-electron chi connectivity index (χ3n) is 4.69. The summed E-state index contributed by atoms with van der Waals surface area (Å²) in [6.45, 7) is 3.49. The van der Waals surface area contributed by atoms with E-state index in [1.807, 2.05) is 28.9 Å². The van der Waals surface area contributed by atoms with Gasteiger partial charge in [-0.05, 0) is 49.7 Å². The van der Waals surface area contributed by atoms with Gasteiger partial charge in [-0.15, -0.1) is 0 Å². The van der Waals surface area contributed by atoms with Crippen LogP contribution >= 0.6 is 12.2 Å². The van der Waals surface area contributed by atoms with E-state index >= 15 is 0 Å². The fraction of sp³-hybridized carbons (Fsp3) is 0.300. The minimum Gasteiger partial charge on any atom is -0.278 e. The molecular weight excluding hydrogens is 347 g/mol. The van der Waals surface area contributed by atoms with Gasteiger partial charge in [0.15, 0.2) is 5.82 Å². The lowest BCUT2D eigenvalue weighted by Gasteiger charge is -2.22. The van der Waals surface area contributed by atoms with E-state index < -0.39 is 0 Å². The molecule has 0 atom stereocenters. The number of H-pyrrole nitrogens is 1. The number of hydrogen-bond donors (Lipinski definition) is 1. The molecule has 0 spiro atoms. The van der Waals surface area contributed by atoms with E-state index in [1.54, 1.807) is 0 Å². The number of aromatic amines is 1. The van der Waals surface area contributed by atoms with E-state index in [0.29, 0.717) is 17.5 Å². The molecule has 1 fully saturated rings. The fourth-order valence-corrected chi connectivity index (χ4v) is 3.23. The highest BCUT2D eigenvalue weighted by atomic mass is 32.1. The highest BCUT2D eigenvalue weighted by Crippen LogP contribution is 2.29. The predicted octanol–water partition coefficient (Wildman–Crippen LogP) is 4.68. The van der Waals surface area contributed by atoms with Crippen LogP contribution in [0.1, 0.15) is 24.0 Å². The van der Waals surface area contributed by atoms with Crippen LogP contribution in [0.5, 0.6) is 0 Å². The van der Waals surface area contributed by atoms with Gasteiger partial charge in [-0.2, -0.15) is 4.98 Å². The van der Waals surface area contributed by atoms with E-state index in [9.17, 15) is 4.39 Å². The van der Waals surface area contributed by atoms with Crippen LogP contribution in [0.3, 0.4) is 0 Å². The van der Waals surface area contributed by atoms with Gasteiger partial charge in [0.25, 0.3) is 0 Å². The van der Waals surface area contributed by atoms with Crippen molar-refractivity contribution in [3.63, 3.8) is 0 Å². The van der Waals surface area contributed by atoms with Gasteiger partial charge in [0.2, 0.25) is 4.77 Å². The Morgan fingerprint density at radius 3 is 2.50 bits per heavy atom. The first-order valence-corrected chi connectivity index (χ1v) is 9.22. The zero-order chi connectivity index (χ0) is 18.1. The molecule has 1 aliphatic carbocycles. The van der Waals surface area contributed by atoms with Crippen LogP contribution in [0.4, 0.5) is 4.39 Å². The van der Waals surface area contributed by atoms with Gasteiger partial charge in [0, 0.05) is 18.2 Å². The van der Waals surface area contributed by atoms with Crippen LogP contribution in [-0.2, 0) is 13.2 Å². The Balaban J connectivity index is 1.53. The van der Waals surface area contributed by atoms with Crippen molar-refractivity contribution in [3.05, 3.63) is 70.2 Å². The zero-order valence-electron chi connectivity index (χ0n) is 14.7. The van der Waals surface area contributed by atoms with Crippen LogP contribution in [0, 0.1) is 17.5 Å². The summed E-state index contributed by atoms with van der Waals surface area (Å²) in [5, 5.41) is 3.32. The van der Waals surface area contributed by atoms with Gasteiger partial charge in [-0.25, -0.2) is 9.07 Å². The molecule has 1 saturated carbocycles. The average molecular weight is 368 g/mol. The maximum atomic E-state index is 13.1. The Hall–Kier alpha value is -2.31. The Kier molecular flexibility index (Phi) is 4.70. The number of nitrogens with one attached hydrogen (secondary N) is 1. The molecule has 6 heteroatoms. The molecule has 0 unspecified atom stereocenters. The Morgan fingerprint density at radius 1 is 1.15 bits per heavy atom. The molecule has 1 heterocycles. The van der Waals surface area contributed by atoms with Crippen molar-refractivity contribution in [2.75, 3.05) is 0 Å². The van der Waals surface area contributed by atoms with Crippen molar-refractivity contribution in [3.8, 4) is 11.4 Å². The van der Waals surface area contributed by atoms with Gasteiger partial charge < -0.3 is 0 Å². The Labute approximate surface area is 157 Å². The van der Waals surface area contributed by atoms with Crippen LogP contribution < -0.4 is 0 Å². The van der Waals surface area contributed by atoms with Gasteiger partial charge in [-0.1, -0.05) is 42.0 Å². The third-order valence-corrected chi connectivity index (χ3v) is 5.00. The molecular formula is C20H21FN4S. The molecule has 0 radical (unpaired) electrons. The van der Waals surface area contributed by atoms with E-state index in [1.165, 1.54) is 30.5 Å². The van der Waals surface area contributed by atoms with Gasteiger partial charge >= 0.3 is 0 Å². The van der Waals surface area contributed by atoms with E-state index in [-0.39, 0.29) is 5.82 Å². The molecule has 0 aliphatic heterocycles. The molecule has 0 saturated heterocycles. The molecule has 1 aromatic heterocycles. The Morgan fingerprint density at radius 2 is 1.85 bits per heavy atom. The monoisotopic (exact) mass is 368 g/mol. The molecule has 26 heavy (non-hydrogen) atoms. The third kappa shape index (κ3) is 3.92. The first-order chi connectivity index (χ1) is 12.6. The highest BCUT2D eigenvalue weighted by Gasteiger charge is 2.29. The lowest BCUT2D eigenvalue weighted by Crippen LogP contribution is -2.28. The molecule has 3 aromatic rings. The lowest BCUT2D eigenvalue weighted by molar-refractivity contribution is 0.187. The number of nitrogens with zero attached hydrogens (tertiary/aromatic N) is 3. The summed E-state index contributed by atoms with van der Waals surface area (Å²) in [6, 6.07) is 15.5. The predicted molar refractivity (Wildman–Crippen MR) is 103 cm³/mol. The van der Waals surface area contributed by atoms with Crippen molar-refractivity contribution in [2.24, 2.45) is 0 Å². The molecule has 1 N–H and O–H groups in total. The zero-order valence-corrected chi connectivity index (χ0v) is 15.5. The summed E-state index contributed by atoms with van der Waals surface area (Å²) in [4.78, 5) is 6.87. The number of hydrogen-bond acceptors (Lipinski definition) is 3. The van der Waals surface area contributed by atoms with Crippen molar-refractivity contribution in [1.82, 2.24) is 19.7 Å². The summed E-state index contributed by atoms with van der Waals surface area (Å²) in [7, 11) is 0. The van der Waals surface area contributed by atoms with Gasteiger partial charge in [-0.3, -0.25) is 10.00 Å². The smallest absolute Gasteiger partial charge is 0.217 e. The first kappa shape index (κ1) is 17.1. The second-order valence-corrected chi connectivity index (χ2v) is 7.26. The van der Waals surface area contributed by atoms with Crippen molar-refractivity contribution < 1.29 is 4.39 Å². The molecule has 2 aromatic carbocycles. The standard InChI is InChI=1S/C20H21FN4S/c1-14-2-6-16(7-3-14)19-22-20(26)25(23-19)13-24(18-10-11-18)12-15-4-8-17(21)9-5-15/h2-9,18H,10-13H2,1H3,(H,22,23,26). The van der Waals surface area contributed by atoms with Gasteiger partial charge in [0.05, 0.1) is 6.67 Å². The largest absolute Gasteiger partial charge is 0.278 e. The molecule has 1 aliphatic rings. The molecule has 4 nitrogen and oxygen atoms in total. The summed E-state index contributed by atoms with van der Waals surface area (Å²) in [5.41, 5.74) is 3.34. The lowest BCUT2D eigenvalue weighted by atomic mass is 10.1. The number of rotatable bonds is 6. The summed E-state index contributed by atoms with van der Waals surface area (Å²) in [5.74, 6) is 0.581. The quantitative estimate of drug-likeness (QED) is 0.642. The summed E-state index contributed by atoms with van der Waals surface area (Å²) < 4.78 is 15.6. The normalized spacial score (nSPS) is 14.1. The minimum atomic E-state index is -0.203. The topological polar surface area (TPSA) is 36.9 Å². The van der Waals surface area contributed by atoms with Crippen LogP contribution in [0.15, 0.2) is 48.5 Å². The van der Waals surface area contributed by atoms with Gasteiger partial charge in [0.1, 0.15) is 5.82 Å². The number of benzene rings is 2. The summed E-state index contributed by atoms with van der Waals surface area (Å²) in [6.07, 6.45) is 2.38. The molecule has 4 rings (SSSR count). The number of aromatic nitrogens is 3. The minimum absolute atomic E-state index is 0.203. The molecule has 0 bridgehead atoms. The van der Waals surface area contributed by atoms with E-state index in [0.717, 1.165) is 23.5 Å². The van der Waals surface area contributed by atoms with E-state index in [2.05, 4.69) is 34.0 Å². The number of halogens is 1. The van der Waals surface area contributed by atoms with E-state index in [4.69, 9.17) is 12.2 Å². The number of aryl methyl sites for hydroxylation is 1.